The van der Waals surface area contributed by atoms with Crippen molar-refractivity contribution in [2.75, 3.05) is 6.38 Å². The molecular formula is C8H7ClF4. The van der Waals surface area contributed by atoms with Gasteiger partial charge in [0.2, 0.25) is 0 Å². The molecule has 0 aromatic heterocycles. The molecule has 0 saturated carbocycles. The maximum Gasteiger partial charge on any atom is 0.416 e. The molecule has 0 fully saturated rings. The number of benzene rings is 1. The fraction of sp³-hybridized carbons (Fsp3) is 0.250. The first-order valence-electron chi connectivity index (χ1n) is 3.21. The summed E-state index contributed by atoms with van der Waals surface area (Å²) in [7, 11) is 0. The van der Waals surface area contributed by atoms with Gasteiger partial charge in [-0.05, 0) is 24.3 Å². The van der Waals surface area contributed by atoms with E-state index in [1.54, 1.807) is 0 Å². The Kier molecular flexibility index (Phi) is 4.77. The molecule has 0 N–H and O–H groups in total. The van der Waals surface area contributed by atoms with E-state index in [-0.39, 0.29) is 0 Å². The Morgan fingerprint density at radius 2 is 1.38 bits per heavy atom. The second-order valence-electron chi connectivity index (χ2n) is 2.00. The van der Waals surface area contributed by atoms with Gasteiger partial charge in [-0.25, -0.2) is 4.39 Å². The summed E-state index contributed by atoms with van der Waals surface area (Å²) in [6, 6.07) is 2.97. The molecule has 0 spiro atoms. The molecule has 0 aliphatic heterocycles. The molecule has 0 amide bonds. The zero-order chi connectivity index (χ0) is 10.5. The topological polar surface area (TPSA) is 0 Å². The van der Waals surface area contributed by atoms with E-state index >= 15 is 0 Å². The van der Waals surface area contributed by atoms with Crippen molar-refractivity contribution in [3.8, 4) is 0 Å². The van der Waals surface area contributed by atoms with Crippen LogP contribution in [0.2, 0.25) is 0 Å². The lowest BCUT2D eigenvalue weighted by Crippen LogP contribution is -2.03. The van der Waals surface area contributed by atoms with Crippen LogP contribution in [0.25, 0.3) is 0 Å². The van der Waals surface area contributed by atoms with Crippen LogP contribution in [0, 0.1) is 5.82 Å². The van der Waals surface area contributed by atoms with Crippen molar-refractivity contribution < 1.29 is 17.6 Å². The number of hydrogen-bond acceptors (Lipinski definition) is 0. The lowest BCUT2D eigenvalue weighted by atomic mass is 10.2. The highest BCUT2D eigenvalue weighted by atomic mass is 35.5. The summed E-state index contributed by atoms with van der Waals surface area (Å²) in [4.78, 5) is 0. The molecule has 0 unspecified atom stereocenters. The number of rotatable bonds is 0. The van der Waals surface area contributed by atoms with Crippen LogP contribution >= 0.6 is 11.6 Å². The van der Waals surface area contributed by atoms with Gasteiger partial charge in [0.15, 0.2) is 0 Å². The molecule has 0 heterocycles. The summed E-state index contributed by atoms with van der Waals surface area (Å²) in [5.74, 6) is -0.669. The van der Waals surface area contributed by atoms with Gasteiger partial charge in [-0.1, -0.05) is 0 Å². The lowest BCUT2D eigenvalue weighted by molar-refractivity contribution is -0.137. The number of hydrogen-bond donors (Lipinski definition) is 0. The van der Waals surface area contributed by atoms with E-state index in [9.17, 15) is 17.6 Å². The Morgan fingerprint density at radius 1 is 1.00 bits per heavy atom. The Balaban J connectivity index is 0.000000671. The molecule has 0 atom stereocenters. The maximum atomic E-state index is 12.1. The average molecular weight is 215 g/mol. The first-order valence-corrected chi connectivity index (χ1v) is 3.96. The SMILES string of the molecule is CCl.Fc1ccc(C(F)(F)F)cc1. The highest BCUT2D eigenvalue weighted by Gasteiger charge is 2.29. The van der Waals surface area contributed by atoms with E-state index in [1.807, 2.05) is 0 Å². The minimum Gasteiger partial charge on any atom is -0.207 e. The van der Waals surface area contributed by atoms with Crippen molar-refractivity contribution >= 4 is 11.6 Å². The first-order chi connectivity index (χ1) is 6.00. The van der Waals surface area contributed by atoms with Crippen molar-refractivity contribution in [3.05, 3.63) is 35.6 Å². The third-order valence-corrected chi connectivity index (χ3v) is 1.17. The Hall–Kier alpha value is -0.770. The smallest absolute Gasteiger partial charge is 0.207 e. The normalized spacial score (nSPS) is 10.3. The molecule has 0 saturated heterocycles. The van der Waals surface area contributed by atoms with Crippen molar-refractivity contribution in [2.45, 2.75) is 6.18 Å². The Morgan fingerprint density at radius 3 is 1.69 bits per heavy atom. The standard InChI is InChI=1S/C7H4F4.CH3Cl/c8-6-3-1-5(2-4-6)7(9,10)11;1-2/h1-4H;1H3. The molecule has 74 valence electrons. The molecule has 0 aliphatic rings. The summed E-state index contributed by atoms with van der Waals surface area (Å²) in [6.45, 7) is 0. The fourth-order valence-electron chi connectivity index (χ4n) is 0.639. The van der Waals surface area contributed by atoms with E-state index in [2.05, 4.69) is 11.6 Å². The second kappa shape index (κ2) is 5.07. The van der Waals surface area contributed by atoms with E-state index < -0.39 is 17.6 Å². The highest BCUT2D eigenvalue weighted by molar-refractivity contribution is 6.15. The van der Waals surface area contributed by atoms with Gasteiger partial charge < -0.3 is 0 Å². The van der Waals surface area contributed by atoms with Crippen molar-refractivity contribution in [1.29, 1.82) is 0 Å². The van der Waals surface area contributed by atoms with Gasteiger partial charge in [-0.15, -0.1) is 11.6 Å². The molecule has 0 bridgehead atoms. The molecule has 1 aromatic carbocycles. The minimum absolute atomic E-state index is 0.669. The molecule has 13 heavy (non-hydrogen) atoms. The van der Waals surface area contributed by atoms with Gasteiger partial charge in [0.25, 0.3) is 0 Å². The van der Waals surface area contributed by atoms with Crippen molar-refractivity contribution in [3.63, 3.8) is 0 Å². The van der Waals surface area contributed by atoms with E-state index in [0.717, 1.165) is 12.1 Å². The zero-order valence-electron chi connectivity index (χ0n) is 6.70. The summed E-state index contributed by atoms with van der Waals surface area (Å²) < 4.78 is 47.5. The third-order valence-electron chi connectivity index (χ3n) is 1.17. The third kappa shape index (κ3) is 4.12. The second-order valence-corrected chi connectivity index (χ2v) is 2.00. The van der Waals surface area contributed by atoms with Gasteiger partial charge in [0.05, 0.1) is 5.56 Å². The molecule has 0 nitrogen and oxygen atoms in total. The predicted molar refractivity (Wildman–Crippen MR) is 43.2 cm³/mol. The van der Waals surface area contributed by atoms with Gasteiger partial charge in [0, 0.05) is 6.38 Å². The van der Waals surface area contributed by atoms with Crippen LogP contribution in [0.1, 0.15) is 5.56 Å². The molecule has 5 heteroatoms. The molecule has 1 rings (SSSR count). The fourth-order valence-corrected chi connectivity index (χ4v) is 0.639. The van der Waals surface area contributed by atoms with Gasteiger partial charge >= 0.3 is 6.18 Å². The highest BCUT2D eigenvalue weighted by Crippen LogP contribution is 2.28. The van der Waals surface area contributed by atoms with Gasteiger partial charge in [-0.2, -0.15) is 13.2 Å². The Labute approximate surface area is 78.1 Å². The van der Waals surface area contributed by atoms with Crippen LogP contribution in [0.3, 0.4) is 0 Å². The van der Waals surface area contributed by atoms with E-state index in [0.29, 0.717) is 12.1 Å². The van der Waals surface area contributed by atoms with Crippen molar-refractivity contribution in [1.82, 2.24) is 0 Å². The number of alkyl halides is 4. The quantitative estimate of drug-likeness (QED) is 0.456. The van der Waals surface area contributed by atoms with E-state index in [4.69, 9.17) is 0 Å². The molecule has 1 aromatic rings. The minimum atomic E-state index is -4.38. The van der Waals surface area contributed by atoms with Gasteiger partial charge in [0.1, 0.15) is 5.82 Å². The Bertz CT molecular complexity index is 239. The largest absolute Gasteiger partial charge is 0.416 e. The summed E-state index contributed by atoms with van der Waals surface area (Å²) in [6.07, 6.45) is -2.91. The van der Waals surface area contributed by atoms with Gasteiger partial charge in [-0.3, -0.25) is 0 Å². The molecule has 0 radical (unpaired) electrons. The van der Waals surface area contributed by atoms with Crippen LogP contribution in [0.5, 0.6) is 0 Å². The lowest BCUT2D eigenvalue weighted by Gasteiger charge is -2.04. The van der Waals surface area contributed by atoms with Crippen LogP contribution in [-0.4, -0.2) is 6.38 Å². The summed E-state index contributed by atoms with van der Waals surface area (Å²) >= 11 is 4.64. The predicted octanol–water partition coefficient (Wildman–Crippen LogP) is 3.70. The zero-order valence-corrected chi connectivity index (χ0v) is 7.46. The number of halogens is 5. The van der Waals surface area contributed by atoms with Crippen LogP contribution in [-0.2, 0) is 6.18 Å². The summed E-state index contributed by atoms with van der Waals surface area (Å²) in [5.41, 5.74) is -0.834. The van der Waals surface area contributed by atoms with Crippen LogP contribution in [0.15, 0.2) is 24.3 Å². The van der Waals surface area contributed by atoms with E-state index in [1.165, 1.54) is 6.38 Å². The van der Waals surface area contributed by atoms with Crippen LogP contribution in [0.4, 0.5) is 17.6 Å². The first kappa shape index (κ1) is 12.2. The monoisotopic (exact) mass is 214 g/mol. The molecular weight excluding hydrogens is 208 g/mol. The average Bonchev–Trinajstić information content (AvgIpc) is 2.07. The summed E-state index contributed by atoms with van der Waals surface area (Å²) in [5, 5.41) is 0. The van der Waals surface area contributed by atoms with Crippen LogP contribution < -0.4 is 0 Å². The maximum absolute atomic E-state index is 12.1. The van der Waals surface area contributed by atoms with Crippen molar-refractivity contribution in [2.24, 2.45) is 0 Å². The molecule has 0 aliphatic carbocycles.